The molecule has 2 aliphatic rings. The van der Waals surface area contributed by atoms with Gasteiger partial charge in [-0.2, -0.15) is 5.26 Å². The molecule has 0 aromatic rings. The quantitative estimate of drug-likeness (QED) is 0.721. The molecule has 78 valence electrons. The van der Waals surface area contributed by atoms with Crippen molar-refractivity contribution in [1.82, 2.24) is 10.2 Å². The van der Waals surface area contributed by atoms with Gasteiger partial charge in [0, 0.05) is 32.2 Å². The maximum absolute atomic E-state index is 9.04. The standard InChI is InChI=1S/C11H19N3/c1-9-7-14(5-4-13-9)8-11(6-12)10-2-3-10/h9-11,13H,2-5,7-8H2,1H3/t9-,11?/m0/s1. The van der Waals surface area contributed by atoms with Crippen LogP contribution in [0, 0.1) is 23.2 Å². The second-order valence-corrected chi connectivity index (χ2v) is 4.69. The number of nitrogens with zero attached hydrogens (tertiary/aromatic N) is 2. The molecule has 2 fully saturated rings. The molecular weight excluding hydrogens is 174 g/mol. The van der Waals surface area contributed by atoms with Crippen LogP contribution in [0.5, 0.6) is 0 Å². The van der Waals surface area contributed by atoms with Crippen molar-refractivity contribution in [1.29, 1.82) is 5.26 Å². The minimum Gasteiger partial charge on any atom is -0.312 e. The molecule has 1 heterocycles. The first kappa shape index (κ1) is 9.95. The Kier molecular flexibility index (Phi) is 3.05. The van der Waals surface area contributed by atoms with Gasteiger partial charge in [-0.15, -0.1) is 0 Å². The van der Waals surface area contributed by atoms with Crippen molar-refractivity contribution in [2.75, 3.05) is 26.2 Å². The number of piperazine rings is 1. The molecule has 0 aromatic carbocycles. The molecule has 1 saturated carbocycles. The predicted octanol–water partition coefficient (Wildman–Crippen LogP) is 0.830. The van der Waals surface area contributed by atoms with E-state index in [1.165, 1.54) is 12.8 Å². The van der Waals surface area contributed by atoms with Gasteiger partial charge in [-0.25, -0.2) is 0 Å². The summed E-state index contributed by atoms with van der Waals surface area (Å²) < 4.78 is 0. The van der Waals surface area contributed by atoms with Crippen molar-refractivity contribution in [3.63, 3.8) is 0 Å². The molecule has 0 aromatic heterocycles. The molecule has 0 bridgehead atoms. The molecule has 1 aliphatic heterocycles. The predicted molar refractivity (Wildman–Crippen MR) is 55.7 cm³/mol. The summed E-state index contributed by atoms with van der Waals surface area (Å²) in [7, 11) is 0. The summed E-state index contributed by atoms with van der Waals surface area (Å²) >= 11 is 0. The second-order valence-electron chi connectivity index (χ2n) is 4.69. The van der Waals surface area contributed by atoms with E-state index >= 15 is 0 Å². The van der Waals surface area contributed by atoms with Gasteiger partial charge in [-0.05, 0) is 25.7 Å². The molecule has 3 nitrogen and oxygen atoms in total. The van der Waals surface area contributed by atoms with Crippen molar-refractivity contribution in [3.05, 3.63) is 0 Å². The minimum atomic E-state index is 0.292. The van der Waals surface area contributed by atoms with Gasteiger partial charge in [0.05, 0.1) is 12.0 Å². The Morgan fingerprint density at radius 1 is 1.57 bits per heavy atom. The Bertz CT molecular complexity index is 229. The lowest BCUT2D eigenvalue weighted by Crippen LogP contribution is -2.50. The third kappa shape index (κ3) is 2.46. The van der Waals surface area contributed by atoms with Crippen molar-refractivity contribution in [3.8, 4) is 6.07 Å². The molecule has 0 spiro atoms. The van der Waals surface area contributed by atoms with Crippen molar-refractivity contribution in [2.45, 2.75) is 25.8 Å². The highest BCUT2D eigenvalue weighted by atomic mass is 15.2. The van der Waals surface area contributed by atoms with E-state index in [-0.39, 0.29) is 0 Å². The second kappa shape index (κ2) is 4.29. The molecule has 0 radical (unpaired) electrons. The Balaban J connectivity index is 1.80. The molecule has 14 heavy (non-hydrogen) atoms. The average molecular weight is 193 g/mol. The van der Waals surface area contributed by atoms with Crippen LogP contribution in [0.3, 0.4) is 0 Å². The zero-order valence-electron chi connectivity index (χ0n) is 8.87. The first-order valence-corrected chi connectivity index (χ1v) is 5.65. The highest BCUT2D eigenvalue weighted by Crippen LogP contribution is 2.36. The van der Waals surface area contributed by atoms with Gasteiger partial charge in [-0.1, -0.05) is 0 Å². The zero-order chi connectivity index (χ0) is 9.97. The van der Waals surface area contributed by atoms with E-state index in [0.717, 1.165) is 26.2 Å². The minimum absolute atomic E-state index is 0.292. The third-order valence-electron chi connectivity index (χ3n) is 3.26. The van der Waals surface area contributed by atoms with Gasteiger partial charge in [-0.3, -0.25) is 4.90 Å². The Morgan fingerprint density at radius 3 is 2.93 bits per heavy atom. The number of nitriles is 1. The molecule has 1 unspecified atom stereocenters. The fourth-order valence-electron chi connectivity index (χ4n) is 2.25. The maximum atomic E-state index is 9.04. The summed E-state index contributed by atoms with van der Waals surface area (Å²) in [6.07, 6.45) is 2.56. The number of hydrogen-bond donors (Lipinski definition) is 1. The van der Waals surface area contributed by atoms with Gasteiger partial charge >= 0.3 is 0 Å². The van der Waals surface area contributed by atoms with Crippen LogP contribution < -0.4 is 5.32 Å². The number of hydrogen-bond acceptors (Lipinski definition) is 3. The van der Waals surface area contributed by atoms with Crippen molar-refractivity contribution >= 4 is 0 Å². The topological polar surface area (TPSA) is 39.1 Å². The molecule has 1 N–H and O–H groups in total. The van der Waals surface area contributed by atoms with E-state index in [0.29, 0.717) is 17.9 Å². The van der Waals surface area contributed by atoms with Crippen LogP contribution in [-0.2, 0) is 0 Å². The van der Waals surface area contributed by atoms with E-state index in [1.54, 1.807) is 0 Å². The van der Waals surface area contributed by atoms with Crippen LogP contribution in [0.1, 0.15) is 19.8 Å². The van der Waals surface area contributed by atoms with Crippen molar-refractivity contribution in [2.24, 2.45) is 11.8 Å². The highest BCUT2D eigenvalue weighted by molar-refractivity contribution is 4.96. The molecule has 2 rings (SSSR count). The Morgan fingerprint density at radius 2 is 2.36 bits per heavy atom. The number of nitrogens with one attached hydrogen (secondary N) is 1. The van der Waals surface area contributed by atoms with E-state index in [1.807, 2.05) is 0 Å². The Labute approximate surface area is 86.1 Å². The fraction of sp³-hybridized carbons (Fsp3) is 0.909. The summed E-state index contributed by atoms with van der Waals surface area (Å²) in [5.74, 6) is 1.01. The summed E-state index contributed by atoms with van der Waals surface area (Å²) in [5, 5.41) is 12.5. The lowest BCUT2D eigenvalue weighted by molar-refractivity contribution is 0.186. The summed E-state index contributed by atoms with van der Waals surface area (Å²) in [6, 6.07) is 3.05. The van der Waals surface area contributed by atoms with Crippen LogP contribution >= 0.6 is 0 Å². The first-order chi connectivity index (χ1) is 6.79. The van der Waals surface area contributed by atoms with E-state index in [4.69, 9.17) is 5.26 Å². The molecule has 1 saturated heterocycles. The summed E-state index contributed by atoms with van der Waals surface area (Å²) in [6.45, 7) is 6.49. The molecule has 0 amide bonds. The van der Waals surface area contributed by atoms with Crippen LogP contribution in [0.2, 0.25) is 0 Å². The highest BCUT2D eigenvalue weighted by Gasteiger charge is 2.32. The summed E-state index contributed by atoms with van der Waals surface area (Å²) in [5.41, 5.74) is 0. The van der Waals surface area contributed by atoms with Gasteiger partial charge in [0.15, 0.2) is 0 Å². The van der Waals surface area contributed by atoms with Gasteiger partial charge < -0.3 is 5.32 Å². The van der Waals surface area contributed by atoms with Crippen molar-refractivity contribution < 1.29 is 0 Å². The van der Waals surface area contributed by atoms with Gasteiger partial charge in [0.25, 0.3) is 0 Å². The van der Waals surface area contributed by atoms with Crippen LogP contribution in [-0.4, -0.2) is 37.1 Å². The third-order valence-corrected chi connectivity index (χ3v) is 3.26. The molecule has 1 aliphatic carbocycles. The van der Waals surface area contributed by atoms with E-state index in [2.05, 4.69) is 23.2 Å². The van der Waals surface area contributed by atoms with Crippen LogP contribution in [0.25, 0.3) is 0 Å². The van der Waals surface area contributed by atoms with E-state index in [9.17, 15) is 0 Å². The van der Waals surface area contributed by atoms with Gasteiger partial charge in [0.2, 0.25) is 0 Å². The van der Waals surface area contributed by atoms with Crippen LogP contribution in [0.4, 0.5) is 0 Å². The fourth-order valence-corrected chi connectivity index (χ4v) is 2.25. The summed E-state index contributed by atoms with van der Waals surface area (Å²) in [4.78, 5) is 2.44. The SMILES string of the molecule is C[C@H]1CN(CC(C#N)C2CC2)CCN1. The average Bonchev–Trinajstić information content (AvgIpc) is 2.97. The molecule has 3 heteroatoms. The lowest BCUT2D eigenvalue weighted by Gasteiger charge is -2.32. The number of rotatable bonds is 3. The molecular formula is C11H19N3. The van der Waals surface area contributed by atoms with Crippen LogP contribution in [0.15, 0.2) is 0 Å². The van der Waals surface area contributed by atoms with Gasteiger partial charge in [0.1, 0.15) is 0 Å². The zero-order valence-corrected chi connectivity index (χ0v) is 8.87. The largest absolute Gasteiger partial charge is 0.312 e. The normalized spacial score (nSPS) is 31.0. The molecule has 2 atom stereocenters. The maximum Gasteiger partial charge on any atom is 0.0672 e. The van der Waals surface area contributed by atoms with E-state index < -0.39 is 0 Å². The first-order valence-electron chi connectivity index (χ1n) is 5.65. The smallest absolute Gasteiger partial charge is 0.0672 e. The Hall–Kier alpha value is -0.590. The lowest BCUT2D eigenvalue weighted by atomic mass is 10.0. The monoisotopic (exact) mass is 193 g/mol.